The standard InChI is InChI=1S/C22H23ClFN3O4S/c1-2-11-27(18-6-4-17(24)5-7-18)32(30,31)20-14-16(3-8-19(20)23)22(29)26-12-9-15(10-13-26)21(25)28/h2-8,14-15H,1,9-13H2,(H2,25,28). The summed E-state index contributed by atoms with van der Waals surface area (Å²) in [7, 11) is -4.19. The van der Waals surface area contributed by atoms with Gasteiger partial charge in [0.25, 0.3) is 15.9 Å². The summed E-state index contributed by atoms with van der Waals surface area (Å²) in [4.78, 5) is 25.6. The lowest BCUT2D eigenvalue weighted by Gasteiger charge is -2.31. The minimum Gasteiger partial charge on any atom is -0.369 e. The number of sulfonamides is 1. The molecule has 0 unspecified atom stereocenters. The van der Waals surface area contributed by atoms with Crippen LogP contribution in [-0.2, 0) is 14.8 Å². The normalized spacial score (nSPS) is 14.8. The van der Waals surface area contributed by atoms with Crippen molar-refractivity contribution in [3.8, 4) is 0 Å². The molecule has 32 heavy (non-hydrogen) atoms. The lowest BCUT2D eigenvalue weighted by atomic mass is 9.96. The van der Waals surface area contributed by atoms with Crippen LogP contribution in [0.1, 0.15) is 23.2 Å². The van der Waals surface area contributed by atoms with E-state index in [1.54, 1.807) is 4.90 Å². The minimum absolute atomic E-state index is 0.0508. The van der Waals surface area contributed by atoms with E-state index in [2.05, 4.69) is 6.58 Å². The minimum atomic E-state index is -4.19. The maximum Gasteiger partial charge on any atom is 0.266 e. The molecule has 0 saturated carbocycles. The van der Waals surface area contributed by atoms with E-state index < -0.39 is 15.8 Å². The molecule has 1 saturated heterocycles. The number of rotatable bonds is 7. The summed E-state index contributed by atoms with van der Waals surface area (Å²) in [6, 6.07) is 9.02. The molecule has 0 atom stereocenters. The number of hydrogen-bond donors (Lipinski definition) is 1. The molecule has 2 aromatic rings. The van der Waals surface area contributed by atoms with Crippen LogP contribution in [-0.4, -0.2) is 44.8 Å². The van der Waals surface area contributed by atoms with Gasteiger partial charge in [-0.15, -0.1) is 6.58 Å². The number of primary amides is 1. The van der Waals surface area contributed by atoms with E-state index >= 15 is 0 Å². The number of hydrogen-bond acceptors (Lipinski definition) is 4. The maximum atomic E-state index is 13.4. The average molecular weight is 480 g/mol. The monoisotopic (exact) mass is 479 g/mol. The Bertz CT molecular complexity index is 1130. The predicted molar refractivity (Wildman–Crippen MR) is 120 cm³/mol. The van der Waals surface area contributed by atoms with Crippen LogP contribution in [0.4, 0.5) is 10.1 Å². The summed E-state index contributed by atoms with van der Waals surface area (Å²) >= 11 is 6.21. The van der Waals surface area contributed by atoms with Crippen molar-refractivity contribution >= 4 is 39.1 Å². The van der Waals surface area contributed by atoms with Crippen molar-refractivity contribution in [3.05, 3.63) is 71.5 Å². The third-order valence-electron chi connectivity index (χ3n) is 5.34. The quantitative estimate of drug-likeness (QED) is 0.616. The van der Waals surface area contributed by atoms with Crippen molar-refractivity contribution in [2.24, 2.45) is 11.7 Å². The molecule has 1 aliphatic heterocycles. The van der Waals surface area contributed by atoms with E-state index in [1.165, 1.54) is 36.4 Å². The first-order chi connectivity index (χ1) is 15.1. The highest BCUT2D eigenvalue weighted by Crippen LogP contribution is 2.30. The second-order valence-electron chi connectivity index (χ2n) is 7.42. The smallest absolute Gasteiger partial charge is 0.266 e. The fourth-order valence-corrected chi connectivity index (χ4v) is 5.51. The number of amides is 2. The first-order valence-corrected chi connectivity index (χ1v) is 11.7. The molecule has 0 aliphatic carbocycles. The van der Waals surface area contributed by atoms with Crippen LogP contribution in [0.25, 0.3) is 0 Å². The zero-order chi connectivity index (χ0) is 23.5. The van der Waals surface area contributed by atoms with E-state index in [1.807, 2.05) is 0 Å². The number of carbonyl (C=O) groups excluding carboxylic acids is 2. The van der Waals surface area contributed by atoms with Gasteiger partial charge in [-0.25, -0.2) is 12.8 Å². The van der Waals surface area contributed by atoms with Gasteiger partial charge in [-0.1, -0.05) is 17.7 Å². The van der Waals surface area contributed by atoms with Crippen molar-refractivity contribution in [1.29, 1.82) is 0 Å². The Morgan fingerprint density at radius 3 is 2.38 bits per heavy atom. The van der Waals surface area contributed by atoms with Gasteiger partial charge in [0.05, 0.1) is 17.3 Å². The topological polar surface area (TPSA) is 101 Å². The molecular formula is C22H23ClFN3O4S. The number of nitrogens with zero attached hydrogens (tertiary/aromatic N) is 2. The van der Waals surface area contributed by atoms with Crippen LogP contribution in [0.3, 0.4) is 0 Å². The molecule has 1 heterocycles. The molecule has 0 aromatic heterocycles. The van der Waals surface area contributed by atoms with Gasteiger partial charge in [-0.3, -0.25) is 13.9 Å². The molecule has 10 heteroatoms. The Hall–Kier alpha value is -2.91. The molecule has 2 aromatic carbocycles. The summed E-state index contributed by atoms with van der Waals surface area (Å²) in [5, 5.41) is -0.0508. The first kappa shape index (κ1) is 23.7. The highest BCUT2D eigenvalue weighted by Gasteiger charge is 2.30. The molecule has 3 rings (SSSR count). The Labute approximate surface area is 191 Å². The van der Waals surface area contributed by atoms with Crippen LogP contribution < -0.4 is 10.0 Å². The van der Waals surface area contributed by atoms with Crippen LogP contribution in [0, 0.1) is 11.7 Å². The highest BCUT2D eigenvalue weighted by molar-refractivity contribution is 7.93. The lowest BCUT2D eigenvalue weighted by molar-refractivity contribution is -0.123. The van der Waals surface area contributed by atoms with Gasteiger partial charge in [0.2, 0.25) is 5.91 Å². The number of likely N-dealkylation sites (tertiary alicyclic amines) is 1. The fraction of sp³-hybridized carbons (Fsp3) is 0.273. The third-order valence-corrected chi connectivity index (χ3v) is 7.62. The molecule has 2 amide bonds. The summed E-state index contributed by atoms with van der Waals surface area (Å²) in [6.45, 7) is 4.20. The molecule has 1 aliphatic rings. The fourth-order valence-electron chi connectivity index (χ4n) is 3.57. The second kappa shape index (κ2) is 9.70. The van der Waals surface area contributed by atoms with E-state index in [4.69, 9.17) is 17.3 Å². The van der Waals surface area contributed by atoms with Crippen LogP contribution >= 0.6 is 11.6 Å². The van der Waals surface area contributed by atoms with E-state index in [-0.39, 0.29) is 45.4 Å². The molecule has 2 N–H and O–H groups in total. The van der Waals surface area contributed by atoms with Gasteiger partial charge >= 0.3 is 0 Å². The molecule has 0 spiro atoms. The molecule has 7 nitrogen and oxygen atoms in total. The summed E-state index contributed by atoms with van der Waals surface area (Å²) in [6.07, 6.45) is 2.31. The van der Waals surface area contributed by atoms with E-state index in [0.717, 1.165) is 16.4 Å². The Morgan fingerprint density at radius 2 is 1.81 bits per heavy atom. The van der Waals surface area contributed by atoms with Gasteiger partial charge < -0.3 is 10.6 Å². The highest BCUT2D eigenvalue weighted by atomic mass is 35.5. The molecular weight excluding hydrogens is 457 g/mol. The average Bonchev–Trinajstić information content (AvgIpc) is 2.78. The SMILES string of the molecule is C=CCN(c1ccc(F)cc1)S(=O)(=O)c1cc(C(=O)N2CCC(C(N)=O)CC2)ccc1Cl. The van der Waals surface area contributed by atoms with Gasteiger partial charge in [0.1, 0.15) is 10.7 Å². The number of anilines is 1. The van der Waals surface area contributed by atoms with Gasteiger partial charge in [0, 0.05) is 24.6 Å². The summed E-state index contributed by atoms with van der Waals surface area (Å²) in [5.74, 6) is -1.53. The zero-order valence-electron chi connectivity index (χ0n) is 17.2. The van der Waals surface area contributed by atoms with E-state index in [0.29, 0.717) is 25.9 Å². The molecule has 0 bridgehead atoms. The molecule has 170 valence electrons. The Kier molecular flexibility index (Phi) is 7.20. The Morgan fingerprint density at radius 1 is 1.19 bits per heavy atom. The first-order valence-electron chi connectivity index (χ1n) is 9.92. The van der Waals surface area contributed by atoms with Crippen molar-refractivity contribution in [3.63, 3.8) is 0 Å². The van der Waals surface area contributed by atoms with Gasteiger partial charge in [-0.2, -0.15) is 0 Å². The molecule has 1 fully saturated rings. The van der Waals surface area contributed by atoms with Crippen LogP contribution in [0.2, 0.25) is 5.02 Å². The van der Waals surface area contributed by atoms with Crippen molar-refractivity contribution in [1.82, 2.24) is 4.90 Å². The van der Waals surface area contributed by atoms with Crippen molar-refractivity contribution in [2.45, 2.75) is 17.7 Å². The largest absolute Gasteiger partial charge is 0.369 e. The number of piperidine rings is 1. The van der Waals surface area contributed by atoms with Crippen LogP contribution in [0.15, 0.2) is 60.0 Å². The van der Waals surface area contributed by atoms with Gasteiger partial charge in [-0.05, 0) is 55.3 Å². The van der Waals surface area contributed by atoms with E-state index in [9.17, 15) is 22.4 Å². The third kappa shape index (κ3) is 4.94. The number of halogens is 2. The zero-order valence-corrected chi connectivity index (χ0v) is 18.8. The second-order valence-corrected chi connectivity index (χ2v) is 9.65. The predicted octanol–water partition coefficient (Wildman–Crippen LogP) is 3.20. The van der Waals surface area contributed by atoms with Gasteiger partial charge in [0.15, 0.2) is 0 Å². The summed E-state index contributed by atoms with van der Waals surface area (Å²) in [5.41, 5.74) is 5.72. The molecule has 0 radical (unpaired) electrons. The maximum absolute atomic E-state index is 13.4. The van der Waals surface area contributed by atoms with Crippen molar-refractivity contribution in [2.75, 3.05) is 23.9 Å². The van der Waals surface area contributed by atoms with Crippen molar-refractivity contribution < 1.29 is 22.4 Å². The Balaban J connectivity index is 1.93. The lowest BCUT2D eigenvalue weighted by Crippen LogP contribution is -2.41. The number of benzene rings is 2. The number of carbonyl (C=O) groups is 2. The number of nitrogens with two attached hydrogens (primary N) is 1. The summed E-state index contributed by atoms with van der Waals surface area (Å²) < 4.78 is 41.2. The van der Waals surface area contributed by atoms with Crippen LogP contribution in [0.5, 0.6) is 0 Å².